The fourth-order valence-corrected chi connectivity index (χ4v) is 4.47. The summed E-state index contributed by atoms with van der Waals surface area (Å²) in [6.45, 7) is 2.45. The molecule has 0 spiro atoms. The average Bonchev–Trinajstić information content (AvgIpc) is 2.80. The number of para-hydroxylation sites is 2. The standard InChI is InChI=1S/C23H27N3O4S/c1-25(15-19-16-29-20-4-2-3-5-21(20)30-19)23(28)24-18-8-6-17(7-9-18)14-22(27)26-10-12-31-13-11-26/h2-9,19H,10-16H2,1H3,(H,24,28). The first-order valence-electron chi connectivity index (χ1n) is 10.4. The Morgan fingerprint density at radius 2 is 1.81 bits per heavy atom. The van der Waals surface area contributed by atoms with Gasteiger partial charge in [0.1, 0.15) is 6.61 Å². The molecule has 0 saturated carbocycles. The van der Waals surface area contributed by atoms with Gasteiger partial charge in [0.15, 0.2) is 17.6 Å². The van der Waals surface area contributed by atoms with E-state index in [1.54, 1.807) is 11.9 Å². The lowest BCUT2D eigenvalue weighted by Crippen LogP contribution is -2.43. The monoisotopic (exact) mass is 441 g/mol. The maximum absolute atomic E-state index is 12.6. The third kappa shape index (κ3) is 5.64. The van der Waals surface area contributed by atoms with E-state index in [-0.39, 0.29) is 18.0 Å². The van der Waals surface area contributed by atoms with E-state index in [1.165, 1.54) is 0 Å². The topological polar surface area (TPSA) is 71.1 Å². The predicted molar refractivity (Wildman–Crippen MR) is 122 cm³/mol. The molecule has 31 heavy (non-hydrogen) atoms. The van der Waals surface area contributed by atoms with E-state index in [1.807, 2.05) is 65.2 Å². The van der Waals surface area contributed by atoms with E-state index in [0.29, 0.717) is 31.0 Å². The summed E-state index contributed by atoms with van der Waals surface area (Å²) in [5.74, 6) is 3.60. The molecule has 0 aromatic heterocycles. The van der Waals surface area contributed by atoms with Gasteiger partial charge in [-0.1, -0.05) is 24.3 Å². The maximum Gasteiger partial charge on any atom is 0.321 e. The number of rotatable bonds is 5. The number of hydrogen-bond acceptors (Lipinski definition) is 5. The van der Waals surface area contributed by atoms with E-state index in [0.717, 1.165) is 35.9 Å². The second-order valence-corrected chi connectivity index (χ2v) is 8.90. The van der Waals surface area contributed by atoms with E-state index in [2.05, 4.69) is 5.32 Å². The van der Waals surface area contributed by atoms with E-state index in [9.17, 15) is 9.59 Å². The SMILES string of the molecule is CN(CC1COc2ccccc2O1)C(=O)Nc1ccc(CC(=O)N2CCSCC2)cc1. The minimum Gasteiger partial charge on any atom is -0.486 e. The van der Waals surface area contributed by atoms with Crippen LogP contribution < -0.4 is 14.8 Å². The van der Waals surface area contributed by atoms with Crippen LogP contribution in [-0.4, -0.2) is 72.6 Å². The fraction of sp³-hybridized carbons (Fsp3) is 0.391. The van der Waals surface area contributed by atoms with Crippen molar-refractivity contribution in [2.24, 2.45) is 0 Å². The molecule has 2 heterocycles. The largest absolute Gasteiger partial charge is 0.486 e. The molecule has 0 bridgehead atoms. The maximum atomic E-state index is 12.6. The number of amides is 3. The van der Waals surface area contributed by atoms with Crippen molar-refractivity contribution in [1.82, 2.24) is 9.80 Å². The summed E-state index contributed by atoms with van der Waals surface area (Å²) < 4.78 is 11.6. The van der Waals surface area contributed by atoms with Crippen LogP contribution in [0.5, 0.6) is 11.5 Å². The second kappa shape index (κ2) is 9.96. The lowest BCUT2D eigenvalue weighted by atomic mass is 10.1. The Bertz CT molecular complexity index is 915. The van der Waals surface area contributed by atoms with Crippen molar-refractivity contribution in [2.45, 2.75) is 12.5 Å². The number of carbonyl (C=O) groups is 2. The van der Waals surface area contributed by atoms with Crippen LogP contribution in [0, 0.1) is 0 Å². The highest BCUT2D eigenvalue weighted by Crippen LogP contribution is 2.31. The lowest BCUT2D eigenvalue weighted by molar-refractivity contribution is -0.130. The minimum atomic E-state index is -0.229. The summed E-state index contributed by atoms with van der Waals surface area (Å²) in [6.07, 6.45) is 0.159. The van der Waals surface area contributed by atoms with Gasteiger partial charge in [-0.15, -0.1) is 0 Å². The number of nitrogens with one attached hydrogen (secondary N) is 1. The van der Waals surface area contributed by atoms with Crippen LogP contribution in [0.15, 0.2) is 48.5 Å². The van der Waals surface area contributed by atoms with E-state index in [4.69, 9.17) is 9.47 Å². The summed E-state index contributed by atoms with van der Waals surface area (Å²) in [7, 11) is 1.73. The number of carbonyl (C=O) groups excluding carboxylic acids is 2. The number of urea groups is 1. The minimum absolute atomic E-state index is 0.160. The van der Waals surface area contributed by atoms with Crippen molar-refractivity contribution in [3.05, 3.63) is 54.1 Å². The van der Waals surface area contributed by atoms with E-state index < -0.39 is 0 Å². The Hall–Kier alpha value is -2.87. The molecule has 2 aliphatic heterocycles. The number of fused-ring (bicyclic) bond motifs is 1. The molecule has 2 aromatic rings. The summed E-state index contributed by atoms with van der Waals surface area (Å²) in [5.41, 5.74) is 1.63. The molecule has 8 heteroatoms. The van der Waals surface area contributed by atoms with Crippen molar-refractivity contribution in [2.75, 3.05) is 50.1 Å². The molecule has 7 nitrogen and oxygen atoms in total. The molecule has 2 aliphatic rings. The quantitative estimate of drug-likeness (QED) is 0.772. The summed E-state index contributed by atoms with van der Waals surface area (Å²) >= 11 is 1.89. The Balaban J connectivity index is 1.26. The predicted octanol–water partition coefficient (Wildman–Crippen LogP) is 3.11. The Morgan fingerprint density at radius 1 is 1.10 bits per heavy atom. The van der Waals surface area contributed by atoms with Crippen LogP contribution in [0.25, 0.3) is 0 Å². The van der Waals surface area contributed by atoms with Crippen LogP contribution in [-0.2, 0) is 11.2 Å². The van der Waals surface area contributed by atoms with Crippen LogP contribution >= 0.6 is 11.8 Å². The normalized spacial score (nSPS) is 17.7. The van der Waals surface area contributed by atoms with Gasteiger partial charge in [-0.25, -0.2) is 4.79 Å². The molecule has 1 atom stereocenters. The van der Waals surface area contributed by atoms with Crippen LogP contribution in [0.3, 0.4) is 0 Å². The highest BCUT2D eigenvalue weighted by Gasteiger charge is 2.24. The second-order valence-electron chi connectivity index (χ2n) is 7.68. The Kier molecular flexibility index (Phi) is 6.86. The number of nitrogens with zero attached hydrogens (tertiary/aromatic N) is 2. The van der Waals surface area contributed by atoms with Gasteiger partial charge in [0, 0.05) is 37.3 Å². The van der Waals surface area contributed by atoms with Crippen LogP contribution in [0.2, 0.25) is 0 Å². The molecule has 2 aromatic carbocycles. The molecule has 164 valence electrons. The van der Waals surface area contributed by atoms with Gasteiger partial charge >= 0.3 is 6.03 Å². The number of hydrogen-bond donors (Lipinski definition) is 1. The first kappa shape index (κ1) is 21.4. The number of likely N-dealkylation sites (N-methyl/N-ethyl adjacent to an activating group) is 1. The van der Waals surface area contributed by atoms with Gasteiger partial charge in [-0.3, -0.25) is 4.79 Å². The van der Waals surface area contributed by atoms with Crippen LogP contribution in [0.1, 0.15) is 5.56 Å². The summed E-state index contributed by atoms with van der Waals surface area (Å²) in [5, 5.41) is 2.89. The third-order valence-electron chi connectivity index (χ3n) is 5.32. The Labute approximate surface area is 186 Å². The fourth-order valence-electron chi connectivity index (χ4n) is 3.57. The van der Waals surface area contributed by atoms with Crippen molar-refractivity contribution < 1.29 is 19.1 Å². The van der Waals surface area contributed by atoms with Crippen LogP contribution in [0.4, 0.5) is 10.5 Å². The molecule has 1 N–H and O–H groups in total. The number of ether oxygens (including phenoxy) is 2. The number of anilines is 1. The lowest BCUT2D eigenvalue weighted by Gasteiger charge is -2.29. The first-order chi connectivity index (χ1) is 15.1. The zero-order chi connectivity index (χ0) is 21.6. The van der Waals surface area contributed by atoms with Gasteiger partial charge in [0.2, 0.25) is 5.91 Å². The molecular weight excluding hydrogens is 414 g/mol. The number of thioether (sulfide) groups is 1. The average molecular weight is 442 g/mol. The molecule has 1 fully saturated rings. The highest BCUT2D eigenvalue weighted by molar-refractivity contribution is 7.99. The van der Waals surface area contributed by atoms with Crippen molar-refractivity contribution >= 4 is 29.4 Å². The summed E-state index contributed by atoms with van der Waals surface area (Å²) in [4.78, 5) is 28.5. The van der Waals surface area contributed by atoms with Crippen molar-refractivity contribution in [3.63, 3.8) is 0 Å². The molecule has 0 radical (unpaired) electrons. The summed E-state index contributed by atoms with van der Waals surface area (Å²) in [6, 6.07) is 14.7. The number of benzene rings is 2. The zero-order valence-electron chi connectivity index (χ0n) is 17.6. The molecule has 0 aliphatic carbocycles. The first-order valence-corrected chi connectivity index (χ1v) is 11.6. The molecular formula is C23H27N3O4S. The van der Waals surface area contributed by atoms with E-state index >= 15 is 0 Å². The molecule has 4 rings (SSSR count). The zero-order valence-corrected chi connectivity index (χ0v) is 18.4. The molecule has 1 saturated heterocycles. The highest BCUT2D eigenvalue weighted by atomic mass is 32.2. The van der Waals surface area contributed by atoms with Gasteiger partial charge in [0.05, 0.1) is 13.0 Å². The van der Waals surface area contributed by atoms with Gasteiger partial charge < -0.3 is 24.6 Å². The third-order valence-corrected chi connectivity index (χ3v) is 6.26. The Morgan fingerprint density at radius 3 is 2.55 bits per heavy atom. The van der Waals surface area contributed by atoms with Gasteiger partial charge in [0.25, 0.3) is 0 Å². The van der Waals surface area contributed by atoms with Gasteiger partial charge in [-0.05, 0) is 29.8 Å². The molecule has 1 unspecified atom stereocenters. The smallest absolute Gasteiger partial charge is 0.321 e. The molecule has 3 amide bonds. The van der Waals surface area contributed by atoms with Crippen molar-refractivity contribution in [3.8, 4) is 11.5 Å². The van der Waals surface area contributed by atoms with Gasteiger partial charge in [-0.2, -0.15) is 11.8 Å². The van der Waals surface area contributed by atoms with Crippen molar-refractivity contribution in [1.29, 1.82) is 0 Å².